The quantitative estimate of drug-likeness (QED) is 0.420. The van der Waals surface area contributed by atoms with Crippen LogP contribution >= 0.6 is 11.8 Å². The molecule has 1 heterocycles. The van der Waals surface area contributed by atoms with Gasteiger partial charge < -0.3 is 9.73 Å². The van der Waals surface area contributed by atoms with E-state index in [0.717, 1.165) is 23.9 Å². The molecule has 3 rings (SSSR count). The smallest absolute Gasteiger partial charge is 0.271 e. The first-order valence-electron chi connectivity index (χ1n) is 6.85. The standard InChI is InChI=1S/C15H9F2N3O4S/c16-10-3-1-8(5-11(10)17)18-14(21)7-25-15-19-12-6-9(20(22)23)2-4-13(12)24-15/h1-6H,7H2,(H,18,21). The lowest BCUT2D eigenvalue weighted by atomic mass is 10.3. The minimum absolute atomic E-state index is 0.0894. The van der Waals surface area contributed by atoms with Crippen LogP contribution in [0.1, 0.15) is 0 Å². The number of nitrogens with zero attached hydrogens (tertiary/aromatic N) is 2. The zero-order chi connectivity index (χ0) is 18.0. The summed E-state index contributed by atoms with van der Waals surface area (Å²) in [5.74, 6) is -2.63. The fraction of sp³-hybridized carbons (Fsp3) is 0.0667. The first kappa shape index (κ1) is 16.8. The number of hydrogen-bond donors (Lipinski definition) is 1. The van der Waals surface area contributed by atoms with E-state index < -0.39 is 22.5 Å². The number of aromatic nitrogens is 1. The maximum Gasteiger partial charge on any atom is 0.271 e. The van der Waals surface area contributed by atoms with Gasteiger partial charge >= 0.3 is 0 Å². The van der Waals surface area contributed by atoms with E-state index in [4.69, 9.17) is 4.42 Å². The van der Waals surface area contributed by atoms with Crippen molar-refractivity contribution < 1.29 is 22.9 Å². The van der Waals surface area contributed by atoms with Gasteiger partial charge in [-0.1, -0.05) is 11.8 Å². The molecule has 25 heavy (non-hydrogen) atoms. The molecule has 0 atom stereocenters. The van der Waals surface area contributed by atoms with Crippen LogP contribution in [0.2, 0.25) is 0 Å². The summed E-state index contributed by atoms with van der Waals surface area (Å²) >= 11 is 0.968. The highest BCUT2D eigenvalue weighted by Gasteiger charge is 2.13. The van der Waals surface area contributed by atoms with Gasteiger partial charge in [-0.05, 0) is 18.2 Å². The van der Waals surface area contributed by atoms with Gasteiger partial charge in [0.2, 0.25) is 5.91 Å². The molecule has 0 aliphatic rings. The van der Waals surface area contributed by atoms with Crippen LogP contribution in [0.4, 0.5) is 20.2 Å². The highest BCUT2D eigenvalue weighted by Crippen LogP contribution is 2.26. The molecule has 2 aromatic carbocycles. The third kappa shape index (κ3) is 3.91. The lowest BCUT2D eigenvalue weighted by molar-refractivity contribution is -0.384. The second-order valence-electron chi connectivity index (χ2n) is 4.85. The number of thioether (sulfide) groups is 1. The van der Waals surface area contributed by atoms with Gasteiger partial charge in [0.15, 0.2) is 17.2 Å². The molecule has 0 aliphatic carbocycles. The van der Waals surface area contributed by atoms with Gasteiger partial charge in [0.25, 0.3) is 10.9 Å². The summed E-state index contributed by atoms with van der Waals surface area (Å²) in [6, 6.07) is 7.00. The predicted octanol–water partition coefficient (Wildman–Crippen LogP) is 3.75. The first-order valence-corrected chi connectivity index (χ1v) is 7.83. The van der Waals surface area contributed by atoms with Crippen molar-refractivity contribution in [2.24, 2.45) is 0 Å². The minimum atomic E-state index is -1.06. The molecule has 0 saturated carbocycles. The SMILES string of the molecule is O=C(CSc1nc2cc([N+](=O)[O-])ccc2o1)Nc1ccc(F)c(F)c1. The Labute approximate surface area is 143 Å². The summed E-state index contributed by atoms with van der Waals surface area (Å²) < 4.78 is 31.3. The molecule has 7 nitrogen and oxygen atoms in total. The molecule has 3 aromatic rings. The zero-order valence-corrected chi connectivity index (χ0v) is 13.2. The van der Waals surface area contributed by atoms with E-state index >= 15 is 0 Å². The number of hydrogen-bond acceptors (Lipinski definition) is 6. The summed E-state index contributed by atoms with van der Waals surface area (Å²) in [6.45, 7) is 0. The molecule has 10 heteroatoms. The lowest BCUT2D eigenvalue weighted by Gasteiger charge is -2.04. The van der Waals surface area contributed by atoms with Crippen LogP contribution in [-0.2, 0) is 4.79 Å². The topological polar surface area (TPSA) is 98.3 Å². The van der Waals surface area contributed by atoms with Crippen LogP contribution in [0.25, 0.3) is 11.1 Å². The average Bonchev–Trinajstić information content (AvgIpc) is 2.98. The zero-order valence-electron chi connectivity index (χ0n) is 12.4. The molecule has 0 spiro atoms. The Hall–Kier alpha value is -3.01. The molecular weight excluding hydrogens is 356 g/mol. The number of carbonyl (C=O) groups excluding carboxylic acids is 1. The number of fused-ring (bicyclic) bond motifs is 1. The Morgan fingerprint density at radius 2 is 2.04 bits per heavy atom. The highest BCUT2D eigenvalue weighted by atomic mass is 32.2. The second kappa shape index (κ2) is 6.85. The van der Waals surface area contributed by atoms with Crippen molar-refractivity contribution in [1.29, 1.82) is 0 Å². The van der Waals surface area contributed by atoms with Gasteiger partial charge in [-0.3, -0.25) is 14.9 Å². The maximum absolute atomic E-state index is 13.1. The molecule has 1 aromatic heterocycles. The van der Waals surface area contributed by atoms with Crippen LogP contribution in [0.15, 0.2) is 46.0 Å². The Bertz CT molecular complexity index is 977. The number of benzene rings is 2. The monoisotopic (exact) mass is 365 g/mol. The van der Waals surface area contributed by atoms with E-state index in [1.165, 1.54) is 24.3 Å². The number of carbonyl (C=O) groups is 1. The Balaban J connectivity index is 1.64. The van der Waals surface area contributed by atoms with Crippen molar-refractivity contribution in [3.63, 3.8) is 0 Å². The van der Waals surface area contributed by atoms with E-state index in [0.29, 0.717) is 11.1 Å². The van der Waals surface area contributed by atoms with Crippen molar-refractivity contribution in [3.05, 3.63) is 58.1 Å². The number of amides is 1. The molecule has 1 amide bonds. The van der Waals surface area contributed by atoms with Gasteiger partial charge in [-0.25, -0.2) is 13.8 Å². The third-order valence-electron chi connectivity index (χ3n) is 3.09. The number of rotatable bonds is 5. The summed E-state index contributed by atoms with van der Waals surface area (Å²) in [5.41, 5.74) is 0.665. The van der Waals surface area contributed by atoms with Crippen molar-refractivity contribution in [3.8, 4) is 0 Å². The molecule has 128 valence electrons. The summed E-state index contributed by atoms with van der Waals surface area (Å²) in [5, 5.41) is 13.3. The fourth-order valence-electron chi connectivity index (χ4n) is 1.97. The van der Waals surface area contributed by atoms with Crippen molar-refractivity contribution in [2.45, 2.75) is 5.22 Å². The molecule has 0 saturated heterocycles. The lowest BCUT2D eigenvalue weighted by Crippen LogP contribution is -2.14. The molecule has 0 bridgehead atoms. The highest BCUT2D eigenvalue weighted by molar-refractivity contribution is 7.99. The van der Waals surface area contributed by atoms with Crippen molar-refractivity contribution >= 4 is 40.1 Å². The van der Waals surface area contributed by atoms with Crippen LogP contribution in [0.3, 0.4) is 0 Å². The Kier molecular flexibility index (Phi) is 4.61. The normalized spacial score (nSPS) is 10.8. The molecule has 0 fully saturated rings. The van der Waals surface area contributed by atoms with Crippen LogP contribution < -0.4 is 5.32 Å². The van der Waals surface area contributed by atoms with E-state index in [-0.39, 0.29) is 22.4 Å². The molecule has 1 N–H and O–H groups in total. The van der Waals surface area contributed by atoms with E-state index in [2.05, 4.69) is 10.3 Å². The molecule has 0 radical (unpaired) electrons. The third-order valence-corrected chi connectivity index (χ3v) is 3.92. The number of halogens is 2. The Morgan fingerprint density at radius 3 is 2.76 bits per heavy atom. The van der Waals surface area contributed by atoms with E-state index in [1.54, 1.807) is 0 Å². The summed E-state index contributed by atoms with van der Waals surface area (Å²) in [4.78, 5) is 26.1. The average molecular weight is 365 g/mol. The first-order chi connectivity index (χ1) is 11.9. The van der Waals surface area contributed by atoms with Gasteiger partial charge in [0, 0.05) is 23.9 Å². The van der Waals surface area contributed by atoms with Crippen LogP contribution in [0, 0.1) is 21.7 Å². The van der Waals surface area contributed by atoms with Crippen LogP contribution in [0.5, 0.6) is 0 Å². The molecular formula is C15H9F2N3O4S. The van der Waals surface area contributed by atoms with E-state index in [9.17, 15) is 23.7 Å². The summed E-state index contributed by atoms with van der Waals surface area (Å²) in [7, 11) is 0. The Morgan fingerprint density at radius 1 is 1.24 bits per heavy atom. The number of nitrogens with one attached hydrogen (secondary N) is 1. The van der Waals surface area contributed by atoms with Crippen molar-refractivity contribution in [1.82, 2.24) is 4.98 Å². The van der Waals surface area contributed by atoms with Gasteiger partial charge in [-0.15, -0.1) is 0 Å². The van der Waals surface area contributed by atoms with E-state index in [1.807, 2.05) is 0 Å². The van der Waals surface area contributed by atoms with Crippen molar-refractivity contribution in [2.75, 3.05) is 11.1 Å². The van der Waals surface area contributed by atoms with Gasteiger partial charge in [0.05, 0.1) is 10.7 Å². The maximum atomic E-state index is 13.1. The number of nitro benzene ring substituents is 1. The second-order valence-corrected chi connectivity index (χ2v) is 5.78. The number of oxazole rings is 1. The molecule has 0 unspecified atom stereocenters. The molecule has 0 aliphatic heterocycles. The predicted molar refractivity (Wildman–Crippen MR) is 86.4 cm³/mol. The van der Waals surface area contributed by atoms with Gasteiger partial charge in [-0.2, -0.15) is 0 Å². The fourth-order valence-corrected chi connectivity index (χ4v) is 2.61. The largest absolute Gasteiger partial charge is 0.431 e. The number of anilines is 1. The number of nitro groups is 1. The van der Waals surface area contributed by atoms with Gasteiger partial charge in [0.1, 0.15) is 5.52 Å². The minimum Gasteiger partial charge on any atom is -0.431 e. The number of non-ortho nitro benzene ring substituents is 1. The summed E-state index contributed by atoms with van der Waals surface area (Å²) in [6.07, 6.45) is 0. The van der Waals surface area contributed by atoms with Crippen LogP contribution in [-0.4, -0.2) is 21.6 Å².